The van der Waals surface area contributed by atoms with Crippen LogP contribution < -0.4 is 0 Å². The van der Waals surface area contributed by atoms with Crippen LogP contribution in [-0.4, -0.2) is 20.2 Å². The maximum atomic E-state index is 11.7. The Bertz CT molecular complexity index is 557. The van der Waals surface area contributed by atoms with Gasteiger partial charge in [0.2, 0.25) is 0 Å². The molecule has 0 atom stereocenters. The molecule has 0 unspecified atom stereocenters. The van der Waals surface area contributed by atoms with Crippen LogP contribution in [0.25, 0.3) is 10.1 Å². The molecule has 1 aromatic carbocycles. The van der Waals surface area contributed by atoms with E-state index >= 15 is 0 Å². The lowest BCUT2D eigenvalue weighted by atomic mass is 10.1. The largest absolute Gasteiger partial charge is 0.465 e. The quantitative estimate of drug-likeness (QED) is 0.785. The first-order valence-corrected chi connectivity index (χ1v) is 6.08. The number of thiophene rings is 1. The average Bonchev–Trinajstić information content (AvgIpc) is 2.64. The topological polar surface area (TPSA) is 35.5 Å². The van der Waals surface area contributed by atoms with Crippen LogP contribution in [0.5, 0.6) is 0 Å². The minimum atomic E-state index is -0.270. The van der Waals surface area contributed by atoms with Crippen molar-refractivity contribution < 1.29 is 14.3 Å². The molecule has 0 radical (unpaired) electrons. The van der Waals surface area contributed by atoms with Crippen LogP contribution in [0.2, 0.25) is 0 Å². The molecule has 0 aliphatic heterocycles. The first-order valence-electron chi connectivity index (χ1n) is 5.26. The summed E-state index contributed by atoms with van der Waals surface area (Å²) in [4.78, 5) is 12.7. The highest BCUT2D eigenvalue weighted by Crippen LogP contribution is 2.32. The van der Waals surface area contributed by atoms with Gasteiger partial charge < -0.3 is 9.47 Å². The summed E-state index contributed by atoms with van der Waals surface area (Å²) in [7, 11) is 3.08. The number of methoxy groups -OCH3 is 2. The SMILES string of the molecule is COCc1ccc2c(C(=O)OC)c(C)sc2c1. The molecule has 0 N–H and O–H groups in total. The Balaban J connectivity index is 2.56. The number of aryl methyl sites for hydroxylation is 1. The summed E-state index contributed by atoms with van der Waals surface area (Å²) in [5.41, 5.74) is 1.79. The number of fused-ring (bicyclic) bond motifs is 1. The van der Waals surface area contributed by atoms with Crippen LogP contribution in [-0.2, 0) is 16.1 Å². The Morgan fingerprint density at radius 2 is 2.12 bits per heavy atom. The predicted molar refractivity (Wildman–Crippen MR) is 68.6 cm³/mol. The van der Waals surface area contributed by atoms with E-state index in [-0.39, 0.29) is 5.97 Å². The number of esters is 1. The minimum absolute atomic E-state index is 0.270. The Labute approximate surface area is 104 Å². The normalized spacial score (nSPS) is 10.8. The van der Waals surface area contributed by atoms with Crippen LogP contribution in [0.4, 0.5) is 0 Å². The van der Waals surface area contributed by atoms with E-state index in [4.69, 9.17) is 9.47 Å². The van der Waals surface area contributed by atoms with Gasteiger partial charge >= 0.3 is 5.97 Å². The fourth-order valence-electron chi connectivity index (χ4n) is 1.88. The molecule has 0 aliphatic carbocycles. The maximum Gasteiger partial charge on any atom is 0.339 e. The number of carbonyl (C=O) groups excluding carboxylic acids is 1. The highest BCUT2D eigenvalue weighted by molar-refractivity contribution is 7.19. The third-order valence-electron chi connectivity index (χ3n) is 2.63. The molecule has 0 bridgehead atoms. The second-order valence-corrected chi connectivity index (χ2v) is 5.04. The number of carbonyl (C=O) groups is 1. The van der Waals surface area contributed by atoms with Crippen molar-refractivity contribution in [2.75, 3.05) is 14.2 Å². The van der Waals surface area contributed by atoms with Crippen molar-refractivity contribution in [3.8, 4) is 0 Å². The molecule has 0 saturated carbocycles. The Morgan fingerprint density at radius 1 is 1.35 bits per heavy atom. The molecular formula is C13H14O3S. The Hall–Kier alpha value is -1.39. The van der Waals surface area contributed by atoms with Crippen molar-refractivity contribution in [3.05, 3.63) is 34.2 Å². The number of hydrogen-bond acceptors (Lipinski definition) is 4. The van der Waals surface area contributed by atoms with Gasteiger partial charge in [0.1, 0.15) is 0 Å². The third kappa shape index (κ3) is 2.18. The molecule has 3 nitrogen and oxygen atoms in total. The fourth-order valence-corrected chi connectivity index (χ4v) is 2.99. The lowest BCUT2D eigenvalue weighted by Gasteiger charge is -2.01. The summed E-state index contributed by atoms with van der Waals surface area (Å²) in [5.74, 6) is -0.270. The zero-order valence-electron chi connectivity index (χ0n) is 10.1. The van der Waals surface area contributed by atoms with E-state index in [9.17, 15) is 4.79 Å². The fraction of sp³-hybridized carbons (Fsp3) is 0.308. The van der Waals surface area contributed by atoms with Gasteiger partial charge in [-0.2, -0.15) is 0 Å². The molecule has 0 spiro atoms. The monoisotopic (exact) mass is 250 g/mol. The summed E-state index contributed by atoms with van der Waals surface area (Å²) < 4.78 is 11.0. The average molecular weight is 250 g/mol. The molecule has 4 heteroatoms. The van der Waals surface area contributed by atoms with Gasteiger partial charge in [-0.3, -0.25) is 0 Å². The van der Waals surface area contributed by atoms with Gasteiger partial charge in [0.25, 0.3) is 0 Å². The smallest absolute Gasteiger partial charge is 0.339 e. The van der Waals surface area contributed by atoms with Crippen molar-refractivity contribution in [2.45, 2.75) is 13.5 Å². The van der Waals surface area contributed by atoms with Gasteiger partial charge in [0, 0.05) is 22.1 Å². The highest BCUT2D eigenvalue weighted by Gasteiger charge is 2.16. The van der Waals surface area contributed by atoms with Gasteiger partial charge in [-0.1, -0.05) is 12.1 Å². The second kappa shape index (κ2) is 4.85. The molecule has 17 heavy (non-hydrogen) atoms. The van der Waals surface area contributed by atoms with Crippen molar-refractivity contribution in [2.24, 2.45) is 0 Å². The number of ether oxygens (including phenoxy) is 2. The zero-order valence-corrected chi connectivity index (χ0v) is 10.9. The lowest BCUT2D eigenvalue weighted by molar-refractivity contribution is 0.0603. The van der Waals surface area contributed by atoms with E-state index < -0.39 is 0 Å². The van der Waals surface area contributed by atoms with E-state index in [1.165, 1.54) is 7.11 Å². The van der Waals surface area contributed by atoms with Gasteiger partial charge in [-0.25, -0.2) is 4.79 Å². The number of benzene rings is 1. The first-order chi connectivity index (χ1) is 8.17. The van der Waals surface area contributed by atoms with E-state index in [0.717, 1.165) is 20.5 Å². The predicted octanol–water partition coefficient (Wildman–Crippen LogP) is 3.14. The lowest BCUT2D eigenvalue weighted by Crippen LogP contribution is -2.01. The van der Waals surface area contributed by atoms with Crippen molar-refractivity contribution in [1.29, 1.82) is 0 Å². The van der Waals surface area contributed by atoms with Gasteiger partial charge in [-0.15, -0.1) is 11.3 Å². The molecule has 2 rings (SSSR count). The summed E-state index contributed by atoms with van der Waals surface area (Å²) in [6.07, 6.45) is 0. The molecular weight excluding hydrogens is 236 g/mol. The van der Waals surface area contributed by atoms with Crippen LogP contribution in [0, 0.1) is 6.92 Å². The van der Waals surface area contributed by atoms with Crippen LogP contribution in [0.15, 0.2) is 18.2 Å². The minimum Gasteiger partial charge on any atom is -0.465 e. The van der Waals surface area contributed by atoms with Gasteiger partial charge in [0.15, 0.2) is 0 Å². The highest BCUT2D eigenvalue weighted by atomic mass is 32.1. The summed E-state index contributed by atoms with van der Waals surface area (Å²) >= 11 is 1.61. The molecule has 0 amide bonds. The van der Waals surface area contributed by atoms with E-state index in [1.807, 2.05) is 19.1 Å². The van der Waals surface area contributed by atoms with Crippen LogP contribution >= 0.6 is 11.3 Å². The van der Waals surface area contributed by atoms with E-state index in [1.54, 1.807) is 18.4 Å². The second-order valence-electron chi connectivity index (χ2n) is 3.79. The molecule has 0 saturated heterocycles. The molecule has 0 aliphatic rings. The standard InChI is InChI=1S/C13H14O3S/c1-8-12(13(14)16-3)10-5-4-9(7-15-2)6-11(10)17-8/h4-6H,7H2,1-3H3. The van der Waals surface area contributed by atoms with Crippen LogP contribution in [0.3, 0.4) is 0 Å². The van der Waals surface area contributed by atoms with Crippen molar-refractivity contribution in [3.63, 3.8) is 0 Å². The Morgan fingerprint density at radius 3 is 2.76 bits per heavy atom. The zero-order chi connectivity index (χ0) is 12.4. The molecule has 90 valence electrons. The summed E-state index contributed by atoms with van der Waals surface area (Å²) in [5, 5.41) is 0.958. The number of rotatable bonds is 3. The maximum absolute atomic E-state index is 11.7. The van der Waals surface area contributed by atoms with Gasteiger partial charge in [0.05, 0.1) is 19.3 Å². The summed E-state index contributed by atoms with van der Waals surface area (Å²) in [6, 6.07) is 5.99. The first kappa shape index (κ1) is 12.1. The molecule has 0 fully saturated rings. The third-order valence-corrected chi connectivity index (χ3v) is 3.70. The number of hydrogen-bond donors (Lipinski definition) is 0. The summed E-state index contributed by atoms with van der Waals surface area (Å²) in [6.45, 7) is 2.52. The molecule has 2 aromatic rings. The Kier molecular flexibility index (Phi) is 3.45. The van der Waals surface area contributed by atoms with Crippen molar-refractivity contribution in [1.82, 2.24) is 0 Å². The van der Waals surface area contributed by atoms with E-state index in [2.05, 4.69) is 6.07 Å². The molecule has 1 heterocycles. The van der Waals surface area contributed by atoms with E-state index in [0.29, 0.717) is 12.2 Å². The van der Waals surface area contributed by atoms with Crippen LogP contribution in [0.1, 0.15) is 20.8 Å². The van der Waals surface area contributed by atoms with Crippen molar-refractivity contribution >= 4 is 27.4 Å². The molecule has 1 aromatic heterocycles. The van der Waals surface area contributed by atoms with Gasteiger partial charge in [-0.05, 0) is 18.6 Å².